The Labute approximate surface area is 95.8 Å². The number of rotatable bonds is 1. The second kappa shape index (κ2) is 3.74. The van der Waals surface area contributed by atoms with Crippen molar-refractivity contribution >= 4 is 0 Å². The van der Waals surface area contributed by atoms with E-state index >= 15 is 0 Å². The number of ether oxygens (including phenoxy) is 1. The first-order chi connectivity index (χ1) is 7.44. The number of benzene rings is 1. The van der Waals surface area contributed by atoms with Crippen molar-refractivity contribution in [2.45, 2.75) is 38.8 Å². The zero-order valence-corrected chi connectivity index (χ0v) is 10.2. The number of fused-ring (bicyclic) bond motifs is 1. The van der Waals surface area contributed by atoms with E-state index in [0.717, 1.165) is 12.0 Å². The van der Waals surface area contributed by atoms with Crippen LogP contribution < -0.4 is 10.1 Å². The Bertz CT molecular complexity index is 415. The topological polar surface area (TPSA) is 21.3 Å². The van der Waals surface area contributed by atoms with Gasteiger partial charge in [0.1, 0.15) is 5.60 Å². The molecule has 2 nitrogen and oxygen atoms in total. The van der Waals surface area contributed by atoms with E-state index in [-0.39, 0.29) is 17.5 Å². The van der Waals surface area contributed by atoms with Crippen LogP contribution in [0.3, 0.4) is 0 Å². The highest BCUT2D eigenvalue weighted by molar-refractivity contribution is 5.43. The maximum Gasteiger partial charge on any atom is 0.168 e. The van der Waals surface area contributed by atoms with Gasteiger partial charge >= 0.3 is 0 Å². The van der Waals surface area contributed by atoms with Crippen molar-refractivity contribution in [2.75, 3.05) is 7.05 Å². The normalized spacial score (nSPS) is 22.4. The number of hydrogen-bond acceptors (Lipinski definition) is 2. The van der Waals surface area contributed by atoms with Crippen LogP contribution in [0.2, 0.25) is 0 Å². The highest BCUT2D eigenvalue weighted by atomic mass is 19.1. The van der Waals surface area contributed by atoms with Gasteiger partial charge in [-0.2, -0.15) is 0 Å². The molecule has 1 atom stereocenters. The summed E-state index contributed by atoms with van der Waals surface area (Å²) in [4.78, 5) is 0. The monoisotopic (exact) mass is 223 g/mol. The number of aryl methyl sites for hydroxylation is 1. The standard InChI is InChI=1S/C13H18FNO/c1-8-5-6-9-10(15-4)7-13(2,3)16-12(9)11(8)14/h5-6,10,15H,7H2,1-4H3. The average molecular weight is 223 g/mol. The molecule has 0 bridgehead atoms. The summed E-state index contributed by atoms with van der Waals surface area (Å²) in [7, 11) is 1.90. The SMILES string of the molecule is CNC1CC(C)(C)Oc2c1ccc(C)c2F. The molecule has 16 heavy (non-hydrogen) atoms. The van der Waals surface area contributed by atoms with Crippen molar-refractivity contribution in [3.63, 3.8) is 0 Å². The lowest BCUT2D eigenvalue weighted by Crippen LogP contribution is -2.39. The maximum absolute atomic E-state index is 14.0. The minimum atomic E-state index is -0.324. The summed E-state index contributed by atoms with van der Waals surface area (Å²) >= 11 is 0. The Balaban J connectivity index is 2.54. The fraction of sp³-hybridized carbons (Fsp3) is 0.538. The Morgan fingerprint density at radius 2 is 2.12 bits per heavy atom. The fourth-order valence-electron chi connectivity index (χ4n) is 2.22. The predicted molar refractivity (Wildman–Crippen MR) is 62.3 cm³/mol. The van der Waals surface area contributed by atoms with Gasteiger partial charge in [0.2, 0.25) is 0 Å². The van der Waals surface area contributed by atoms with Gasteiger partial charge in [0, 0.05) is 18.0 Å². The zero-order valence-electron chi connectivity index (χ0n) is 10.2. The van der Waals surface area contributed by atoms with Crippen molar-refractivity contribution in [3.8, 4) is 5.75 Å². The Kier molecular flexibility index (Phi) is 2.66. The molecule has 0 fully saturated rings. The van der Waals surface area contributed by atoms with Crippen molar-refractivity contribution in [3.05, 3.63) is 29.1 Å². The summed E-state index contributed by atoms with van der Waals surface area (Å²) in [5.41, 5.74) is 1.23. The summed E-state index contributed by atoms with van der Waals surface area (Å²) in [6.07, 6.45) is 0.846. The van der Waals surface area contributed by atoms with E-state index in [9.17, 15) is 4.39 Å². The van der Waals surface area contributed by atoms with Crippen LogP contribution in [0, 0.1) is 12.7 Å². The molecule has 1 aromatic carbocycles. The lowest BCUT2D eigenvalue weighted by Gasteiger charge is -2.37. The highest BCUT2D eigenvalue weighted by Gasteiger charge is 2.34. The van der Waals surface area contributed by atoms with Crippen molar-refractivity contribution in [1.29, 1.82) is 0 Å². The molecule has 0 aliphatic carbocycles. The van der Waals surface area contributed by atoms with Gasteiger partial charge in [-0.25, -0.2) is 4.39 Å². The first-order valence-electron chi connectivity index (χ1n) is 5.60. The van der Waals surface area contributed by atoms with E-state index < -0.39 is 0 Å². The van der Waals surface area contributed by atoms with Gasteiger partial charge in [0.15, 0.2) is 11.6 Å². The molecular formula is C13H18FNO. The molecule has 1 aliphatic heterocycles. The van der Waals surface area contributed by atoms with E-state index in [1.54, 1.807) is 13.0 Å². The zero-order chi connectivity index (χ0) is 11.9. The van der Waals surface area contributed by atoms with Crippen LogP contribution in [0.4, 0.5) is 4.39 Å². The summed E-state index contributed by atoms with van der Waals surface area (Å²) in [5, 5.41) is 3.22. The summed E-state index contributed by atoms with van der Waals surface area (Å²) < 4.78 is 19.7. The Hall–Kier alpha value is -1.09. The minimum absolute atomic E-state index is 0.161. The minimum Gasteiger partial charge on any atom is -0.484 e. The summed E-state index contributed by atoms with van der Waals surface area (Å²) in [6.45, 7) is 5.74. The third kappa shape index (κ3) is 1.80. The largest absolute Gasteiger partial charge is 0.484 e. The second-order valence-electron chi connectivity index (χ2n) is 5.02. The molecule has 1 heterocycles. The van der Waals surface area contributed by atoms with Crippen LogP contribution in [-0.4, -0.2) is 12.6 Å². The van der Waals surface area contributed by atoms with Gasteiger partial charge < -0.3 is 10.1 Å². The third-order valence-electron chi connectivity index (χ3n) is 3.12. The van der Waals surface area contributed by atoms with E-state index in [0.29, 0.717) is 11.3 Å². The van der Waals surface area contributed by atoms with Gasteiger partial charge in [-0.05, 0) is 33.4 Å². The third-order valence-corrected chi connectivity index (χ3v) is 3.12. The van der Waals surface area contributed by atoms with Gasteiger partial charge in [-0.15, -0.1) is 0 Å². The first-order valence-corrected chi connectivity index (χ1v) is 5.60. The van der Waals surface area contributed by atoms with Gasteiger partial charge in [-0.3, -0.25) is 0 Å². The summed E-state index contributed by atoms with van der Waals surface area (Å²) in [6, 6.07) is 3.92. The molecule has 0 saturated heterocycles. The Morgan fingerprint density at radius 3 is 2.75 bits per heavy atom. The molecule has 0 spiro atoms. The quantitative estimate of drug-likeness (QED) is 0.790. The van der Waals surface area contributed by atoms with Crippen molar-refractivity contribution in [2.24, 2.45) is 0 Å². The van der Waals surface area contributed by atoms with Crippen LogP contribution in [0.1, 0.15) is 37.4 Å². The molecule has 0 saturated carbocycles. The van der Waals surface area contributed by atoms with E-state index in [1.165, 1.54) is 0 Å². The average Bonchev–Trinajstić information content (AvgIpc) is 2.22. The Morgan fingerprint density at radius 1 is 1.44 bits per heavy atom. The molecule has 0 radical (unpaired) electrons. The van der Waals surface area contributed by atoms with E-state index in [1.807, 2.05) is 27.0 Å². The second-order valence-corrected chi connectivity index (χ2v) is 5.02. The molecule has 1 unspecified atom stereocenters. The molecule has 2 rings (SSSR count). The van der Waals surface area contributed by atoms with Crippen LogP contribution >= 0.6 is 0 Å². The molecule has 0 aromatic heterocycles. The highest BCUT2D eigenvalue weighted by Crippen LogP contribution is 2.41. The molecule has 0 amide bonds. The fourth-order valence-corrected chi connectivity index (χ4v) is 2.22. The van der Waals surface area contributed by atoms with E-state index in [4.69, 9.17) is 4.74 Å². The predicted octanol–water partition coefficient (Wildman–Crippen LogP) is 2.96. The van der Waals surface area contributed by atoms with Crippen LogP contribution in [0.15, 0.2) is 12.1 Å². The molecule has 1 aliphatic rings. The van der Waals surface area contributed by atoms with Gasteiger partial charge in [0.25, 0.3) is 0 Å². The summed E-state index contributed by atoms with van der Waals surface area (Å²) in [5.74, 6) is 0.182. The first kappa shape index (κ1) is 11.4. The number of hydrogen-bond donors (Lipinski definition) is 1. The number of nitrogens with one attached hydrogen (secondary N) is 1. The molecule has 88 valence electrons. The van der Waals surface area contributed by atoms with Gasteiger partial charge in [-0.1, -0.05) is 12.1 Å². The van der Waals surface area contributed by atoms with Crippen molar-refractivity contribution < 1.29 is 9.13 Å². The molecule has 3 heteroatoms. The lowest BCUT2D eigenvalue weighted by atomic mass is 9.89. The molecule has 1 N–H and O–H groups in total. The maximum atomic E-state index is 14.0. The van der Waals surface area contributed by atoms with Gasteiger partial charge in [0.05, 0.1) is 0 Å². The van der Waals surface area contributed by atoms with E-state index in [2.05, 4.69) is 5.32 Å². The van der Waals surface area contributed by atoms with Crippen LogP contribution in [0.5, 0.6) is 5.75 Å². The van der Waals surface area contributed by atoms with Crippen LogP contribution in [0.25, 0.3) is 0 Å². The smallest absolute Gasteiger partial charge is 0.168 e. The lowest BCUT2D eigenvalue weighted by molar-refractivity contribution is 0.0620. The number of halogens is 1. The molecular weight excluding hydrogens is 205 g/mol. The van der Waals surface area contributed by atoms with Crippen molar-refractivity contribution in [1.82, 2.24) is 5.32 Å². The molecule has 1 aromatic rings. The van der Waals surface area contributed by atoms with Crippen LogP contribution in [-0.2, 0) is 0 Å².